The van der Waals surface area contributed by atoms with E-state index in [0.29, 0.717) is 12.8 Å². The van der Waals surface area contributed by atoms with Gasteiger partial charge in [0.1, 0.15) is 0 Å². The standard InChI is InChI=1S/C23H34O2/c1-4-6-8-10-12-16-20-23(3,25)21-17-13-11-15-19-22(24)18-14-9-7-5-2/h6,8-9,11-17,19,21,25H,4-5,7,10,18,20H2,1-3H3/b8-6-,13-11+,14-9-,16-12-,19-15+,21-17-. The van der Waals surface area contributed by atoms with Crippen LogP contribution in [0.2, 0.25) is 0 Å². The first-order valence-corrected chi connectivity index (χ1v) is 9.24. The van der Waals surface area contributed by atoms with Gasteiger partial charge in [0.05, 0.1) is 5.60 Å². The van der Waals surface area contributed by atoms with Crippen molar-refractivity contribution in [2.24, 2.45) is 0 Å². The highest BCUT2D eigenvalue weighted by Gasteiger charge is 2.12. The third-order valence-corrected chi connectivity index (χ3v) is 3.38. The number of unbranched alkanes of at least 4 members (excludes halogenated alkanes) is 1. The third kappa shape index (κ3) is 16.7. The van der Waals surface area contributed by atoms with E-state index in [1.54, 1.807) is 37.3 Å². The number of aliphatic hydroxyl groups is 1. The Morgan fingerprint density at radius 3 is 2.36 bits per heavy atom. The van der Waals surface area contributed by atoms with Gasteiger partial charge in [-0.15, -0.1) is 0 Å². The summed E-state index contributed by atoms with van der Waals surface area (Å²) >= 11 is 0. The van der Waals surface area contributed by atoms with Crippen LogP contribution in [0, 0.1) is 0 Å². The summed E-state index contributed by atoms with van der Waals surface area (Å²) in [6.45, 7) is 6.01. The second-order valence-corrected chi connectivity index (χ2v) is 6.18. The summed E-state index contributed by atoms with van der Waals surface area (Å²) in [7, 11) is 0. The van der Waals surface area contributed by atoms with E-state index in [-0.39, 0.29) is 5.78 Å². The lowest BCUT2D eigenvalue weighted by molar-refractivity contribution is -0.113. The van der Waals surface area contributed by atoms with Crippen LogP contribution >= 0.6 is 0 Å². The summed E-state index contributed by atoms with van der Waals surface area (Å²) in [4.78, 5) is 11.6. The zero-order valence-corrected chi connectivity index (χ0v) is 16.0. The molecule has 0 aliphatic rings. The molecule has 2 heteroatoms. The molecule has 0 aliphatic carbocycles. The summed E-state index contributed by atoms with van der Waals surface area (Å²) < 4.78 is 0. The highest BCUT2D eigenvalue weighted by Crippen LogP contribution is 2.12. The highest BCUT2D eigenvalue weighted by molar-refractivity contribution is 5.90. The Bertz CT molecular complexity index is 514. The molecule has 0 radical (unpaired) electrons. The van der Waals surface area contributed by atoms with E-state index in [2.05, 4.69) is 32.1 Å². The van der Waals surface area contributed by atoms with Crippen molar-refractivity contribution in [2.45, 2.75) is 64.9 Å². The van der Waals surface area contributed by atoms with Crippen molar-refractivity contribution in [1.82, 2.24) is 0 Å². The molecular formula is C23H34O2. The molecule has 0 aromatic heterocycles. The van der Waals surface area contributed by atoms with Gasteiger partial charge >= 0.3 is 0 Å². The van der Waals surface area contributed by atoms with E-state index in [4.69, 9.17) is 0 Å². The third-order valence-electron chi connectivity index (χ3n) is 3.38. The maximum Gasteiger partial charge on any atom is 0.159 e. The number of carbonyl (C=O) groups excluding carboxylic acids is 1. The molecule has 0 bridgehead atoms. The largest absolute Gasteiger partial charge is 0.386 e. The fourth-order valence-electron chi connectivity index (χ4n) is 1.93. The van der Waals surface area contributed by atoms with Crippen LogP contribution in [0.15, 0.2) is 72.9 Å². The smallest absolute Gasteiger partial charge is 0.159 e. The predicted molar refractivity (Wildman–Crippen MR) is 110 cm³/mol. The van der Waals surface area contributed by atoms with Crippen molar-refractivity contribution in [2.75, 3.05) is 0 Å². The number of rotatable bonds is 13. The average Bonchev–Trinajstić information content (AvgIpc) is 2.58. The van der Waals surface area contributed by atoms with Crippen molar-refractivity contribution in [3.8, 4) is 0 Å². The molecule has 0 amide bonds. The number of ketones is 1. The van der Waals surface area contributed by atoms with Crippen LogP contribution in [0.25, 0.3) is 0 Å². The van der Waals surface area contributed by atoms with Crippen molar-refractivity contribution in [3.05, 3.63) is 72.9 Å². The zero-order chi connectivity index (χ0) is 18.8. The van der Waals surface area contributed by atoms with Gasteiger partial charge in [0.15, 0.2) is 5.78 Å². The minimum absolute atomic E-state index is 0.0928. The Morgan fingerprint density at radius 2 is 1.64 bits per heavy atom. The van der Waals surface area contributed by atoms with Crippen LogP contribution in [0.4, 0.5) is 0 Å². The summed E-state index contributed by atoms with van der Waals surface area (Å²) in [5.74, 6) is 0.0928. The molecule has 2 nitrogen and oxygen atoms in total. The molecule has 138 valence electrons. The molecule has 0 aromatic rings. The van der Waals surface area contributed by atoms with Crippen molar-refractivity contribution >= 4 is 5.78 Å². The second kappa shape index (κ2) is 15.6. The van der Waals surface area contributed by atoms with Crippen molar-refractivity contribution < 1.29 is 9.90 Å². The van der Waals surface area contributed by atoms with E-state index in [1.807, 2.05) is 24.3 Å². The van der Waals surface area contributed by atoms with Crippen LogP contribution in [0.3, 0.4) is 0 Å². The lowest BCUT2D eigenvalue weighted by atomic mass is 10.0. The lowest BCUT2D eigenvalue weighted by Gasteiger charge is -2.15. The van der Waals surface area contributed by atoms with Gasteiger partial charge in [-0.25, -0.2) is 0 Å². The Kier molecular flexibility index (Phi) is 14.4. The van der Waals surface area contributed by atoms with Gasteiger partial charge in [0, 0.05) is 6.42 Å². The van der Waals surface area contributed by atoms with Gasteiger partial charge in [-0.05, 0) is 38.7 Å². The van der Waals surface area contributed by atoms with Gasteiger partial charge in [-0.2, -0.15) is 0 Å². The number of hydrogen-bond donors (Lipinski definition) is 1. The molecule has 0 fully saturated rings. The molecule has 1 unspecified atom stereocenters. The Balaban J connectivity index is 4.13. The molecule has 0 heterocycles. The van der Waals surface area contributed by atoms with Crippen LogP contribution < -0.4 is 0 Å². The maximum atomic E-state index is 11.6. The molecule has 25 heavy (non-hydrogen) atoms. The van der Waals surface area contributed by atoms with Gasteiger partial charge in [-0.3, -0.25) is 4.79 Å². The summed E-state index contributed by atoms with van der Waals surface area (Å²) in [5.41, 5.74) is -0.862. The van der Waals surface area contributed by atoms with Crippen molar-refractivity contribution in [1.29, 1.82) is 0 Å². The van der Waals surface area contributed by atoms with Gasteiger partial charge < -0.3 is 5.11 Å². The maximum absolute atomic E-state index is 11.6. The fraction of sp³-hybridized carbons (Fsp3) is 0.435. The van der Waals surface area contributed by atoms with E-state index in [1.165, 1.54) is 0 Å². The number of hydrogen-bond acceptors (Lipinski definition) is 2. The molecule has 0 aromatic carbocycles. The molecule has 0 aliphatic heterocycles. The molecule has 0 spiro atoms. The monoisotopic (exact) mass is 342 g/mol. The number of allylic oxidation sites excluding steroid dienone is 10. The molecular weight excluding hydrogens is 308 g/mol. The second-order valence-electron chi connectivity index (χ2n) is 6.18. The number of carbonyl (C=O) groups is 1. The first-order valence-electron chi connectivity index (χ1n) is 9.24. The van der Waals surface area contributed by atoms with E-state index in [0.717, 1.165) is 25.7 Å². The first kappa shape index (κ1) is 23.1. The molecule has 0 rings (SSSR count). The van der Waals surface area contributed by atoms with Gasteiger partial charge in [0.2, 0.25) is 0 Å². The quantitative estimate of drug-likeness (QED) is 0.252. The SMILES string of the molecule is CC/C=C\C/C=C\CC(C)(O)\C=C/C=C/C=C/C(=O)C/C=C\CCC. The van der Waals surface area contributed by atoms with Gasteiger partial charge in [0.25, 0.3) is 0 Å². The topological polar surface area (TPSA) is 37.3 Å². The summed E-state index contributed by atoms with van der Waals surface area (Å²) in [6.07, 6.45) is 27.9. The van der Waals surface area contributed by atoms with Crippen LogP contribution in [0.1, 0.15) is 59.3 Å². The van der Waals surface area contributed by atoms with Crippen molar-refractivity contribution in [3.63, 3.8) is 0 Å². The minimum atomic E-state index is -0.862. The predicted octanol–water partition coefficient (Wildman–Crippen LogP) is 6.02. The van der Waals surface area contributed by atoms with E-state index >= 15 is 0 Å². The molecule has 0 saturated carbocycles. The van der Waals surface area contributed by atoms with Crippen LogP contribution in [-0.2, 0) is 4.79 Å². The van der Waals surface area contributed by atoms with Crippen LogP contribution in [-0.4, -0.2) is 16.5 Å². The highest BCUT2D eigenvalue weighted by atomic mass is 16.3. The molecule has 1 atom stereocenters. The minimum Gasteiger partial charge on any atom is -0.386 e. The zero-order valence-electron chi connectivity index (χ0n) is 16.0. The average molecular weight is 343 g/mol. The lowest BCUT2D eigenvalue weighted by Crippen LogP contribution is -2.18. The van der Waals surface area contributed by atoms with Crippen LogP contribution in [0.5, 0.6) is 0 Å². The Hall–Kier alpha value is -1.93. The Morgan fingerprint density at radius 1 is 0.920 bits per heavy atom. The fourth-order valence-corrected chi connectivity index (χ4v) is 1.93. The van der Waals surface area contributed by atoms with Gasteiger partial charge in [-0.1, -0.05) is 87.1 Å². The molecule has 0 saturated heterocycles. The Labute approximate surface area is 154 Å². The van der Waals surface area contributed by atoms with E-state index in [9.17, 15) is 9.90 Å². The van der Waals surface area contributed by atoms with E-state index < -0.39 is 5.60 Å². The first-order chi connectivity index (χ1) is 12.0. The summed E-state index contributed by atoms with van der Waals surface area (Å²) in [5, 5.41) is 10.2. The summed E-state index contributed by atoms with van der Waals surface area (Å²) in [6, 6.07) is 0. The molecule has 1 N–H and O–H groups in total. The normalized spacial score (nSPS) is 15.7.